The molecule has 2 aromatic carbocycles. The summed E-state index contributed by atoms with van der Waals surface area (Å²) in [5.74, 6) is -0.408. The molecule has 0 aliphatic carbocycles. The average molecular weight is 312 g/mol. The minimum absolute atomic E-state index is 0.319. The van der Waals surface area contributed by atoms with E-state index in [2.05, 4.69) is 48.7 Å². The SMILES string of the molecule is Cc1cccc(CCC(C)Nc2cccc(NC(=O)CO)c2)c1. The van der Waals surface area contributed by atoms with Crippen molar-refractivity contribution in [3.8, 4) is 0 Å². The van der Waals surface area contributed by atoms with Gasteiger partial charge in [-0.15, -0.1) is 0 Å². The van der Waals surface area contributed by atoms with Crippen LogP contribution in [-0.4, -0.2) is 23.7 Å². The zero-order valence-corrected chi connectivity index (χ0v) is 13.7. The molecule has 0 bridgehead atoms. The third-order valence-corrected chi connectivity index (χ3v) is 3.65. The van der Waals surface area contributed by atoms with E-state index in [0.29, 0.717) is 11.7 Å². The van der Waals surface area contributed by atoms with E-state index in [-0.39, 0.29) is 0 Å². The number of amides is 1. The van der Waals surface area contributed by atoms with Crippen LogP contribution in [0, 0.1) is 6.92 Å². The van der Waals surface area contributed by atoms with Crippen LogP contribution >= 0.6 is 0 Å². The molecule has 3 N–H and O–H groups in total. The molecular formula is C19H24N2O2. The summed E-state index contributed by atoms with van der Waals surface area (Å²) in [5, 5.41) is 14.9. The number of anilines is 2. The van der Waals surface area contributed by atoms with E-state index in [4.69, 9.17) is 5.11 Å². The standard InChI is InChI=1S/C19H24N2O2/c1-14-5-3-6-16(11-14)10-9-15(2)20-17-7-4-8-18(12-17)21-19(23)13-22/h3-8,11-12,15,20,22H,9-10,13H2,1-2H3,(H,21,23). The number of nitrogens with one attached hydrogen (secondary N) is 2. The van der Waals surface area contributed by atoms with E-state index >= 15 is 0 Å². The number of aliphatic hydroxyl groups is 1. The molecule has 1 amide bonds. The summed E-state index contributed by atoms with van der Waals surface area (Å²) in [4.78, 5) is 11.2. The summed E-state index contributed by atoms with van der Waals surface area (Å²) in [6, 6.07) is 16.4. The highest BCUT2D eigenvalue weighted by atomic mass is 16.3. The van der Waals surface area contributed by atoms with Crippen molar-refractivity contribution in [3.05, 3.63) is 59.7 Å². The molecule has 0 aliphatic heterocycles. The molecule has 0 spiro atoms. The molecule has 0 radical (unpaired) electrons. The van der Waals surface area contributed by atoms with Crippen LogP contribution in [0.25, 0.3) is 0 Å². The van der Waals surface area contributed by atoms with E-state index < -0.39 is 12.5 Å². The zero-order chi connectivity index (χ0) is 16.7. The van der Waals surface area contributed by atoms with Gasteiger partial charge in [-0.25, -0.2) is 0 Å². The number of carbonyl (C=O) groups is 1. The Hall–Kier alpha value is -2.33. The topological polar surface area (TPSA) is 61.4 Å². The highest BCUT2D eigenvalue weighted by Gasteiger charge is 2.05. The van der Waals surface area contributed by atoms with Crippen LogP contribution < -0.4 is 10.6 Å². The van der Waals surface area contributed by atoms with Gasteiger partial charge in [0.15, 0.2) is 0 Å². The maximum atomic E-state index is 11.2. The van der Waals surface area contributed by atoms with Gasteiger partial charge < -0.3 is 15.7 Å². The van der Waals surface area contributed by atoms with Gasteiger partial charge in [-0.1, -0.05) is 35.9 Å². The Bertz CT molecular complexity index is 655. The van der Waals surface area contributed by atoms with Crippen LogP contribution in [-0.2, 0) is 11.2 Å². The summed E-state index contributed by atoms with van der Waals surface area (Å²) >= 11 is 0. The fraction of sp³-hybridized carbons (Fsp3) is 0.316. The van der Waals surface area contributed by atoms with Crippen molar-refractivity contribution in [2.24, 2.45) is 0 Å². The summed E-state index contributed by atoms with van der Waals surface area (Å²) in [6.45, 7) is 3.75. The van der Waals surface area contributed by atoms with Gasteiger partial charge in [0.2, 0.25) is 5.91 Å². The molecule has 2 rings (SSSR count). The van der Waals surface area contributed by atoms with Gasteiger partial charge in [0.25, 0.3) is 0 Å². The minimum Gasteiger partial charge on any atom is -0.387 e. The van der Waals surface area contributed by atoms with Gasteiger partial charge in [0, 0.05) is 17.4 Å². The van der Waals surface area contributed by atoms with E-state index in [1.807, 2.05) is 18.2 Å². The van der Waals surface area contributed by atoms with Crippen LogP contribution in [0.2, 0.25) is 0 Å². The van der Waals surface area contributed by atoms with Gasteiger partial charge in [0.1, 0.15) is 6.61 Å². The van der Waals surface area contributed by atoms with E-state index in [0.717, 1.165) is 18.5 Å². The fourth-order valence-electron chi connectivity index (χ4n) is 2.49. The lowest BCUT2D eigenvalue weighted by Gasteiger charge is -2.16. The molecule has 0 fully saturated rings. The van der Waals surface area contributed by atoms with Crippen LogP contribution in [0.4, 0.5) is 11.4 Å². The molecule has 2 aromatic rings. The highest BCUT2D eigenvalue weighted by Crippen LogP contribution is 2.17. The molecule has 0 heterocycles. The Labute approximate surface area is 137 Å². The lowest BCUT2D eigenvalue weighted by molar-refractivity contribution is -0.118. The van der Waals surface area contributed by atoms with Crippen LogP contribution in [0.1, 0.15) is 24.5 Å². The number of aryl methyl sites for hydroxylation is 2. The average Bonchev–Trinajstić information content (AvgIpc) is 2.53. The smallest absolute Gasteiger partial charge is 0.250 e. The summed E-state index contributed by atoms with van der Waals surface area (Å²) in [6.07, 6.45) is 2.05. The Kier molecular flexibility index (Phi) is 6.18. The largest absolute Gasteiger partial charge is 0.387 e. The Morgan fingerprint density at radius 3 is 2.61 bits per heavy atom. The van der Waals surface area contributed by atoms with Crippen molar-refractivity contribution in [1.82, 2.24) is 0 Å². The Morgan fingerprint density at radius 1 is 1.13 bits per heavy atom. The first kappa shape index (κ1) is 17.0. The molecule has 122 valence electrons. The lowest BCUT2D eigenvalue weighted by Crippen LogP contribution is -2.17. The molecule has 0 saturated carbocycles. The van der Waals surface area contributed by atoms with E-state index in [1.165, 1.54) is 11.1 Å². The predicted molar refractivity (Wildman–Crippen MR) is 94.7 cm³/mol. The van der Waals surface area contributed by atoms with Gasteiger partial charge >= 0.3 is 0 Å². The molecule has 23 heavy (non-hydrogen) atoms. The second kappa shape index (κ2) is 8.34. The van der Waals surface area contributed by atoms with Crippen molar-refractivity contribution in [1.29, 1.82) is 0 Å². The highest BCUT2D eigenvalue weighted by molar-refractivity contribution is 5.91. The molecule has 4 heteroatoms. The second-order valence-electron chi connectivity index (χ2n) is 5.86. The Balaban J connectivity index is 1.88. The minimum atomic E-state index is -0.509. The van der Waals surface area contributed by atoms with Gasteiger partial charge in [-0.3, -0.25) is 4.79 Å². The number of carbonyl (C=O) groups excluding carboxylic acids is 1. The van der Waals surface area contributed by atoms with Crippen molar-refractivity contribution in [2.75, 3.05) is 17.2 Å². The number of rotatable bonds is 7. The van der Waals surface area contributed by atoms with Gasteiger partial charge in [-0.05, 0) is 50.5 Å². The van der Waals surface area contributed by atoms with E-state index in [9.17, 15) is 4.79 Å². The normalized spacial score (nSPS) is 11.8. The summed E-state index contributed by atoms with van der Waals surface area (Å²) in [7, 11) is 0. The number of aliphatic hydroxyl groups excluding tert-OH is 1. The van der Waals surface area contributed by atoms with Gasteiger partial charge in [0.05, 0.1) is 0 Å². The predicted octanol–water partition coefficient (Wildman–Crippen LogP) is 3.36. The molecular weight excluding hydrogens is 288 g/mol. The molecule has 0 aromatic heterocycles. The third kappa shape index (κ3) is 5.75. The number of hydrogen-bond donors (Lipinski definition) is 3. The first-order valence-electron chi connectivity index (χ1n) is 7.89. The number of hydrogen-bond acceptors (Lipinski definition) is 3. The molecule has 1 unspecified atom stereocenters. The summed E-state index contributed by atoms with van der Waals surface area (Å²) in [5.41, 5.74) is 4.27. The second-order valence-corrected chi connectivity index (χ2v) is 5.86. The summed E-state index contributed by atoms with van der Waals surface area (Å²) < 4.78 is 0. The van der Waals surface area contributed by atoms with Crippen LogP contribution in [0.3, 0.4) is 0 Å². The lowest BCUT2D eigenvalue weighted by atomic mass is 10.0. The fourth-order valence-corrected chi connectivity index (χ4v) is 2.49. The van der Waals surface area contributed by atoms with Crippen molar-refractivity contribution >= 4 is 17.3 Å². The van der Waals surface area contributed by atoms with E-state index in [1.54, 1.807) is 6.07 Å². The van der Waals surface area contributed by atoms with Crippen LogP contribution in [0.15, 0.2) is 48.5 Å². The Morgan fingerprint density at radius 2 is 1.87 bits per heavy atom. The zero-order valence-electron chi connectivity index (χ0n) is 13.7. The molecule has 4 nitrogen and oxygen atoms in total. The molecule has 1 atom stereocenters. The van der Waals surface area contributed by atoms with Crippen molar-refractivity contribution < 1.29 is 9.90 Å². The van der Waals surface area contributed by atoms with Crippen molar-refractivity contribution in [2.45, 2.75) is 32.7 Å². The number of benzene rings is 2. The first-order valence-corrected chi connectivity index (χ1v) is 7.89. The molecule has 0 aliphatic rings. The maximum Gasteiger partial charge on any atom is 0.250 e. The molecule has 0 saturated heterocycles. The third-order valence-electron chi connectivity index (χ3n) is 3.65. The van der Waals surface area contributed by atoms with Crippen LogP contribution in [0.5, 0.6) is 0 Å². The maximum absolute atomic E-state index is 11.2. The van der Waals surface area contributed by atoms with Gasteiger partial charge in [-0.2, -0.15) is 0 Å². The first-order chi connectivity index (χ1) is 11.1. The monoisotopic (exact) mass is 312 g/mol. The van der Waals surface area contributed by atoms with Crippen molar-refractivity contribution in [3.63, 3.8) is 0 Å². The quantitative estimate of drug-likeness (QED) is 0.734.